The van der Waals surface area contributed by atoms with Crippen LogP contribution in [-0.2, 0) is 4.84 Å². The maximum atomic E-state index is 8.40. The maximum absolute atomic E-state index is 8.40. The van der Waals surface area contributed by atoms with Crippen LogP contribution in [0.15, 0.2) is 28.5 Å². The van der Waals surface area contributed by atoms with Crippen LogP contribution in [0.4, 0.5) is 0 Å². The van der Waals surface area contributed by atoms with Crippen LogP contribution in [0.1, 0.15) is 5.56 Å². The molecule has 1 heterocycles. The molecule has 0 N–H and O–H groups in total. The van der Waals surface area contributed by atoms with Crippen molar-refractivity contribution in [2.45, 2.75) is 6.04 Å². The van der Waals surface area contributed by atoms with Gasteiger partial charge in [-0.2, -0.15) is 0 Å². The minimum absolute atomic E-state index is 0.240. The molecule has 5 nitrogen and oxygen atoms in total. The van der Waals surface area contributed by atoms with Crippen molar-refractivity contribution in [1.29, 1.82) is 0 Å². The van der Waals surface area contributed by atoms with Gasteiger partial charge in [-0.1, -0.05) is 33.5 Å². The van der Waals surface area contributed by atoms with E-state index in [0.717, 1.165) is 0 Å². The van der Waals surface area contributed by atoms with E-state index in [9.17, 15) is 0 Å². The second-order valence-corrected chi connectivity index (χ2v) is 4.02. The monoisotopic (exact) mass is 256 g/mol. The van der Waals surface area contributed by atoms with Crippen LogP contribution in [0.25, 0.3) is 10.4 Å². The smallest absolute Gasteiger partial charge is 0.131 e. The largest absolute Gasteiger partial charge is 0.395 e. The summed E-state index contributed by atoms with van der Waals surface area (Å²) in [4.78, 5) is 7.63. The quantitative estimate of drug-likeness (QED) is 0.454. The van der Waals surface area contributed by atoms with Crippen LogP contribution in [0, 0.1) is 0 Å². The topological polar surface area (TPSA) is 70.4 Å². The van der Waals surface area contributed by atoms with E-state index in [1.165, 1.54) is 0 Å². The lowest BCUT2D eigenvalue weighted by Crippen LogP contribution is -2.17. The van der Waals surface area contributed by atoms with Crippen LogP contribution >= 0.6 is 23.2 Å². The Hall–Kier alpha value is -1.42. The van der Waals surface area contributed by atoms with Gasteiger partial charge in [-0.3, -0.25) is 0 Å². The van der Waals surface area contributed by atoms with Crippen molar-refractivity contribution in [3.8, 4) is 0 Å². The number of hydrogen-bond donors (Lipinski definition) is 0. The molecular formula is C9H6Cl2N4O. The summed E-state index contributed by atoms with van der Waals surface area (Å²) in [5.74, 6) is 0. The molecule has 2 rings (SSSR count). The Morgan fingerprint density at radius 1 is 1.38 bits per heavy atom. The van der Waals surface area contributed by atoms with Crippen molar-refractivity contribution >= 4 is 28.9 Å². The van der Waals surface area contributed by atoms with Gasteiger partial charge >= 0.3 is 0 Å². The van der Waals surface area contributed by atoms with Gasteiger partial charge in [0.05, 0.1) is 5.71 Å². The summed E-state index contributed by atoms with van der Waals surface area (Å²) in [5, 5.41) is 8.40. The van der Waals surface area contributed by atoms with E-state index in [1.54, 1.807) is 18.2 Å². The molecule has 1 aliphatic rings. The van der Waals surface area contributed by atoms with E-state index < -0.39 is 6.04 Å². The van der Waals surface area contributed by atoms with Gasteiger partial charge < -0.3 is 4.84 Å². The number of benzene rings is 1. The Labute approximate surface area is 101 Å². The highest BCUT2D eigenvalue weighted by molar-refractivity contribution is 6.35. The molecule has 0 saturated heterocycles. The third-order valence-electron chi connectivity index (χ3n) is 2.06. The van der Waals surface area contributed by atoms with Crippen molar-refractivity contribution in [3.05, 3.63) is 44.3 Å². The summed E-state index contributed by atoms with van der Waals surface area (Å²) >= 11 is 11.7. The first-order chi connectivity index (χ1) is 7.70. The second kappa shape index (κ2) is 4.61. The van der Waals surface area contributed by atoms with E-state index in [-0.39, 0.29) is 6.61 Å². The molecule has 16 heavy (non-hydrogen) atoms. The molecule has 0 amide bonds. The van der Waals surface area contributed by atoms with Crippen LogP contribution < -0.4 is 0 Å². The maximum Gasteiger partial charge on any atom is 0.131 e. The van der Waals surface area contributed by atoms with Crippen LogP contribution in [0.3, 0.4) is 0 Å². The molecule has 0 aliphatic carbocycles. The van der Waals surface area contributed by atoms with Crippen molar-refractivity contribution in [2.75, 3.05) is 6.61 Å². The summed E-state index contributed by atoms with van der Waals surface area (Å²) < 4.78 is 0. The van der Waals surface area contributed by atoms with Crippen LogP contribution in [0.5, 0.6) is 0 Å². The Morgan fingerprint density at radius 2 is 2.06 bits per heavy atom. The summed E-state index contributed by atoms with van der Waals surface area (Å²) in [6.07, 6.45) is 0. The van der Waals surface area contributed by atoms with Crippen LogP contribution in [-0.4, -0.2) is 18.4 Å². The Balaban J connectivity index is 2.40. The van der Waals surface area contributed by atoms with Crippen molar-refractivity contribution in [3.63, 3.8) is 0 Å². The molecule has 1 atom stereocenters. The van der Waals surface area contributed by atoms with Gasteiger partial charge in [0, 0.05) is 20.5 Å². The highest BCUT2D eigenvalue weighted by Gasteiger charge is 2.24. The lowest BCUT2D eigenvalue weighted by molar-refractivity contribution is 0.167. The predicted molar refractivity (Wildman–Crippen MR) is 61.9 cm³/mol. The molecule has 0 saturated carbocycles. The van der Waals surface area contributed by atoms with Gasteiger partial charge in [-0.05, 0) is 23.7 Å². The minimum atomic E-state index is -0.431. The Bertz CT molecular complexity index is 476. The van der Waals surface area contributed by atoms with Crippen molar-refractivity contribution < 1.29 is 4.84 Å². The van der Waals surface area contributed by atoms with Crippen LogP contribution in [0.2, 0.25) is 10.0 Å². The summed E-state index contributed by atoms with van der Waals surface area (Å²) in [6.45, 7) is 0.240. The first-order valence-electron chi connectivity index (χ1n) is 4.41. The zero-order valence-corrected chi connectivity index (χ0v) is 9.48. The normalized spacial score (nSPS) is 18.6. The molecule has 0 spiro atoms. The Morgan fingerprint density at radius 3 is 2.69 bits per heavy atom. The second-order valence-electron chi connectivity index (χ2n) is 3.15. The predicted octanol–water partition coefficient (Wildman–Crippen LogP) is 3.41. The Kier molecular flexibility index (Phi) is 3.19. The molecule has 1 aliphatic heterocycles. The van der Waals surface area contributed by atoms with Gasteiger partial charge in [0.1, 0.15) is 12.6 Å². The number of rotatable bonds is 2. The number of halogens is 2. The SMILES string of the molecule is [N-]=[N+]=NC1CON=C1c1cc(Cl)cc(Cl)c1. The fourth-order valence-electron chi connectivity index (χ4n) is 1.41. The lowest BCUT2D eigenvalue weighted by Gasteiger charge is -2.04. The molecule has 7 heteroatoms. The minimum Gasteiger partial charge on any atom is -0.395 e. The van der Waals surface area contributed by atoms with E-state index >= 15 is 0 Å². The van der Waals surface area contributed by atoms with E-state index in [4.69, 9.17) is 33.6 Å². The number of azide groups is 1. The van der Waals surface area contributed by atoms with Gasteiger partial charge in [0.25, 0.3) is 0 Å². The summed E-state index contributed by atoms with van der Waals surface area (Å²) in [5.41, 5.74) is 9.64. The zero-order valence-electron chi connectivity index (χ0n) is 7.97. The fourth-order valence-corrected chi connectivity index (χ4v) is 1.94. The molecule has 1 unspecified atom stereocenters. The standard InChI is InChI=1S/C9H6Cl2N4O/c10-6-1-5(2-7(11)3-6)9-8(13-15-12)4-16-14-9/h1-3,8H,4H2. The lowest BCUT2D eigenvalue weighted by atomic mass is 10.1. The number of oxime groups is 1. The third-order valence-corrected chi connectivity index (χ3v) is 2.50. The van der Waals surface area contributed by atoms with Gasteiger partial charge in [0.2, 0.25) is 0 Å². The molecule has 0 bridgehead atoms. The summed E-state index contributed by atoms with van der Waals surface area (Å²) in [7, 11) is 0. The molecular weight excluding hydrogens is 251 g/mol. The molecule has 0 aromatic heterocycles. The number of hydrogen-bond acceptors (Lipinski definition) is 3. The number of nitrogens with zero attached hydrogens (tertiary/aromatic N) is 4. The van der Waals surface area contributed by atoms with Crippen molar-refractivity contribution in [2.24, 2.45) is 10.3 Å². The van der Waals surface area contributed by atoms with E-state index in [0.29, 0.717) is 21.3 Å². The first kappa shape index (κ1) is 11.1. The molecule has 0 radical (unpaired) electrons. The zero-order chi connectivity index (χ0) is 11.5. The molecule has 1 aromatic rings. The molecule has 82 valence electrons. The highest BCUT2D eigenvalue weighted by atomic mass is 35.5. The van der Waals surface area contributed by atoms with E-state index in [1.807, 2.05) is 0 Å². The molecule has 1 aromatic carbocycles. The third kappa shape index (κ3) is 2.22. The van der Waals surface area contributed by atoms with Crippen molar-refractivity contribution in [1.82, 2.24) is 0 Å². The van der Waals surface area contributed by atoms with Gasteiger partial charge in [0.15, 0.2) is 0 Å². The van der Waals surface area contributed by atoms with Gasteiger partial charge in [-0.15, -0.1) is 0 Å². The van der Waals surface area contributed by atoms with Gasteiger partial charge in [-0.25, -0.2) is 0 Å². The first-order valence-corrected chi connectivity index (χ1v) is 5.17. The fraction of sp³-hybridized carbons (Fsp3) is 0.222. The average Bonchev–Trinajstić information content (AvgIpc) is 2.65. The summed E-state index contributed by atoms with van der Waals surface area (Å²) in [6, 6.07) is 4.58. The average molecular weight is 257 g/mol. The van der Waals surface area contributed by atoms with E-state index in [2.05, 4.69) is 15.2 Å². The molecule has 0 fully saturated rings. The highest BCUT2D eigenvalue weighted by Crippen LogP contribution is 2.23.